The highest BCUT2D eigenvalue weighted by atomic mass is 19.1. The van der Waals surface area contributed by atoms with Gasteiger partial charge in [-0.3, -0.25) is 0 Å². The van der Waals surface area contributed by atoms with Gasteiger partial charge in [-0.1, -0.05) is 30.3 Å². The first kappa shape index (κ1) is 13.1. The van der Waals surface area contributed by atoms with Gasteiger partial charge in [0.1, 0.15) is 17.7 Å². The summed E-state index contributed by atoms with van der Waals surface area (Å²) in [6.45, 7) is 1.87. The zero-order valence-electron chi connectivity index (χ0n) is 11.3. The van der Waals surface area contributed by atoms with Gasteiger partial charge in [0.05, 0.1) is 0 Å². The van der Waals surface area contributed by atoms with Gasteiger partial charge in [-0.15, -0.1) is 0 Å². The van der Waals surface area contributed by atoms with Crippen molar-refractivity contribution < 1.29 is 9.13 Å². The summed E-state index contributed by atoms with van der Waals surface area (Å²) in [6.07, 6.45) is 1.08. The summed E-state index contributed by atoms with van der Waals surface area (Å²) in [7, 11) is 0. The van der Waals surface area contributed by atoms with E-state index in [1.165, 1.54) is 17.7 Å². The molecule has 104 valence electrons. The van der Waals surface area contributed by atoms with Crippen molar-refractivity contribution in [1.82, 2.24) is 5.32 Å². The van der Waals surface area contributed by atoms with Gasteiger partial charge in [0.25, 0.3) is 0 Å². The summed E-state index contributed by atoms with van der Waals surface area (Å²) in [4.78, 5) is 0. The molecule has 0 saturated carbocycles. The van der Waals surface area contributed by atoms with Gasteiger partial charge in [-0.25, -0.2) is 4.39 Å². The van der Waals surface area contributed by atoms with Crippen LogP contribution in [0.2, 0.25) is 0 Å². The van der Waals surface area contributed by atoms with Crippen molar-refractivity contribution >= 4 is 0 Å². The Morgan fingerprint density at radius 1 is 1.00 bits per heavy atom. The zero-order chi connectivity index (χ0) is 13.8. The van der Waals surface area contributed by atoms with E-state index in [2.05, 4.69) is 29.6 Å². The quantitative estimate of drug-likeness (QED) is 0.924. The number of halogens is 1. The lowest BCUT2D eigenvalue weighted by Crippen LogP contribution is -2.41. The monoisotopic (exact) mass is 271 g/mol. The molecule has 1 aliphatic heterocycles. The molecule has 0 unspecified atom stereocenters. The first-order valence-corrected chi connectivity index (χ1v) is 7.01. The van der Waals surface area contributed by atoms with Crippen molar-refractivity contribution in [2.45, 2.75) is 18.4 Å². The maximum atomic E-state index is 12.9. The second kappa shape index (κ2) is 6.06. The fourth-order valence-electron chi connectivity index (χ4n) is 2.70. The first-order valence-electron chi connectivity index (χ1n) is 7.01. The number of rotatable bonds is 3. The Bertz CT molecular complexity index is 541. The van der Waals surface area contributed by atoms with E-state index in [9.17, 15) is 4.39 Å². The summed E-state index contributed by atoms with van der Waals surface area (Å²) < 4.78 is 19.0. The Balaban J connectivity index is 1.77. The van der Waals surface area contributed by atoms with Crippen LogP contribution in [0, 0.1) is 5.82 Å². The van der Waals surface area contributed by atoms with Gasteiger partial charge in [0.15, 0.2) is 0 Å². The SMILES string of the molecule is Fc1ccc(O[C@H]2CCNC[C@H]2c2ccccc2)cc1. The van der Waals surface area contributed by atoms with Crippen LogP contribution >= 0.6 is 0 Å². The highest BCUT2D eigenvalue weighted by Gasteiger charge is 2.27. The zero-order valence-corrected chi connectivity index (χ0v) is 11.3. The highest BCUT2D eigenvalue weighted by molar-refractivity contribution is 5.25. The minimum absolute atomic E-state index is 0.129. The molecule has 2 aromatic rings. The number of nitrogens with one attached hydrogen (secondary N) is 1. The normalized spacial score (nSPS) is 22.4. The largest absolute Gasteiger partial charge is 0.490 e. The molecule has 2 nitrogen and oxygen atoms in total. The molecule has 1 fully saturated rings. The third-order valence-corrected chi connectivity index (χ3v) is 3.75. The van der Waals surface area contributed by atoms with Gasteiger partial charge < -0.3 is 10.1 Å². The molecule has 1 heterocycles. The maximum Gasteiger partial charge on any atom is 0.123 e. The number of benzene rings is 2. The lowest BCUT2D eigenvalue weighted by Gasteiger charge is -2.32. The molecule has 3 rings (SSSR count). The topological polar surface area (TPSA) is 21.3 Å². The number of piperidine rings is 1. The van der Waals surface area contributed by atoms with Crippen molar-refractivity contribution in [2.75, 3.05) is 13.1 Å². The molecule has 1 saturated heterocycles. The van der Waals surface area contributed by atoms with E-state index < -0.39 is 0 Å². The van der Waals surface area contributed by atoms with Crippen molar-refractivity contribution in [2.24, 2.45) is 0 Å². The third kappa shape index (κ3) is 2.99. The Morgan fingerprint density at radius 2 is 1.75 bits per heavy atom. The van der Waals surface area contributed by atoms with E-state index in [-0.39, 0.29) is 11.9 Å². The number of hydrogen-bond donors (Lipinski definition) is 1. The standard InChI is InChI=1S/C17H18FNO/c18-14-6-8-15(9-7-14)20-17-10-11-19-12-16(17)13-4-2-1-3-5-13/h1-9,16-17,19H,10-12H2/t16-,17-/m0/s1. The van der Waals surface area contributed by atoms with E-state index in [1.807, 2.05) is 6.07 Å². The molecule has 20 heavy (non-hydrogen) atoms. The predicted octanol–water partition coefficient (Wildman–Crippen LogP) is 3.35. The molecule has 3 heteroatoms. The van der Waals surface area contributed by atoms with Crippen molar-refractivity contribution in [3.8, 4) is 5.75 Å². The predicted molar refractivity (Wildman–Crippen MR) is 77.5 cm³/mol. The average molecular weight is 271 g/mol. The molecule has 0 bridgehead atoms. The maximum absolute atomic E-state index is 12.9. The Hall–Kier alpha value is -1.87. The van der Waals surface area contributed by atoms with E-state index in [4.69, 9.17) is 4.74 Å². The molecular formula is C17H18FNO. The van der Waals surface area contributed by atoms with Crippen LogP contribution in [0.1, 0.15) is 17.9 Å². The van der Waals surface area contributed by atoms with Crippen LogP contribution in [0.15, 0.2) is 54.6 Å². The van der Waals surface area contributed by atoms with Crippen LogP contribution in [-0.2, 0) is 0 Å². The molecule has 2 atom stereocenters. The molecule has 0 spiro atoms. The number of ether oxygens (including phenoxy) is 1. The highest BCUT2D eigenvalue weighted by Crippen LogP contribution is 2.27. The molecule has 0 amide bonds. The van der Waals surface area contributed by atoms with Gasteiger partial charge in [0, 0.05) is 12.5 Å². The summed E-state index contributed by atoms with van der Waals surface area (Å²) in [5.41, 5.74) is 1.28. The Labute approximate surface area is 118 Å². The lowest BCUT2D eigenvalue weighted by atomic mass is 9.89. The molecule has 0 aliphatic carbocycles. The third-order valence-electron chi connectivity index (χ3n) is 3.75. The summed E-state index contributed by atoms with van der Waals surface area (Å²) in [5, 5.41) is 3.42. The van der Waals surface area contributed by atoms with Crippen LogP contribution in [0.3, 0.4) is 0 Å². The van der Waals surface area contributed by atoms with Gasteiger partial charge in [-0.05, 0) is 42.8 Å². The Morgan fingerprint density at radius 3 is 2.50 bits per heavy atom. The minimum atomic E-state index is -0.234. The van der Waals surface area contributed by atoms with Gasteiger partial charge in [0.2, 0.25) is 0 Å². The van der Waals surface area contributed by atoms with Gasteiger partial charge in [-0.2, -0.15) is 0 Å². The summed E-state index contributed by atoms with van der Waals surface area (Å²) in [5.74, 6) is 0.830. The smallest absolute Gasteiger partial charge is 0.123 e. The minimum Gasteiger partial charge on any atom is -0.490 e. The molecule has 1 aliphatic rings. The molecule has 1 N–H and O–H groups in total. The fourth-order valence-corrected chi connectivity index (χ4v) is 2.70. The lowest BCUT2D eigenvalue weighted by molar-refractivity contribution is 0.138. The van der Waals surface area contributed by atoms with Crippen molar-refractivity contribution in [3.63, 3.8) is 0 Å². The molecule has 0 aromatic heterocycles. The van der Waals surface area contributed by atoms with Crippen LogP contribution in [-0.4, -0.2) is 19.2 Å². The van der Waals surface area contributed by atoms with E-state index in [0.29, 0.717) is 5.92 Å². The first-order chi connectivity index (χ1) is 9.83. The van der Waals surface area contributed by atoms with E-state index >= 15 is 0 Å². The van der Waals surface area contributed by atoms with E-state index in [1.54, 1.807) is 12.1 Å². The Kier molecular flexibility index (Phi) is 3.97. The van der Waals surface area contributed by atoms with Crippen LogP contribution < -0.4 is 10.1 Å². The van der Waals surface area contributed by atoms with Crippen molar-refractivity contribution in [1.29, 1.82) is 0 Å². The average Bonchev–Trinajstić information content (AvgIpc) is 2.51. The van der Waals surface area contributed by atoms with Gasteiger partial charge >= 0.3 is 0 Å². The second-order valence-corrected chi connectivity index (χ2v) is 5.12. The van der Waals surface area contributed by atoms with Crippen LogP contribution in [0.4, 0.5) is 4.39 Å². The summed E-state index contributed by atoms with van der Waals surface area (Å²) in [6, 6.07) is 16.7. The van der Waals surface area contributed by atoms with Crippen molar-refractivity contribution in [3.05, 3.63) is 66.0 Å². The number of hydrogen-bond acceptors (Lipinski definition) is 2. The van der Waals surface area contributed by atoms with Crippen LogP contribution in [0.25, 0.3) is 0 Å². The molecular weight excluding hydrogens is 253 g/mol. The fraction of sp³-hybridized carbons (Fsp3) is 0.294. The molecule has 0 radical (unpaired) electrons. The van der Waals surface area contributed by atoms with E-state index in [0.717, 1.165) is 25.3 Å². The van der Waals surface area contributed by atoms with Crippen LogP contribution in [0.5, 0.6) is 5.75 Å². The molecule has 2 aromatic carbocycles. The summed E-state index contributed by atoms with van der Waals surface area (Å²) >= 11 is 0. The second-order valence-electron chi connectivity index (χ2n) is 5.12.